The van der Waals surface area contributed by atoms with Gasteiger partial charge in [0.25, 0.3) is 0 Å². The molecule has 4 heteroatoms. The lowest BCUT2D eigenvalue weighted by Crippen LogP contribution is -2.25. The molecule has 3 nitrogen and oxygen atoms in total. The van der Waals surface area contributed by atoms with Crippen molar-refractivity contribution in [2.24, 2.45) is 0 Å². The second kappa shape index (κ2) is 7.21. The molecular weight excluding hydrogens is 232 g/mol. The van der Waals surface area contributed by atoms with Gasteiger partial charge in [0.05, 0.1) is 11.3 Å². The van der Waals surface area contributed by atoms with Crippen molar-refractivity contribution < 1.29 is 5.11 Å². The molecule has 0 aliphatic rings. The molecule has 0 saturated heterocycles. The third kappa shape index (κ3) is 3.39. The maximum absolute atomic E-state index is 9.26. The molecule has 0 atom stereocenters. The summed E-state index contributed by atoms with van der Waals surface area (Å²) in [6, 6.07) is 8.19. The Hall–Kier alpha value is -1.18. The smallest absolute Gasteiger partial charge is 0.103 e. The van der Waals surface area contributed by atoms with E-state index in [1.165, 1.54) is 0 Å². The van der Waals surface area contributed by atoms with E-state index in [1.807, 2.05) is 24.5 Å². The van der Waals surface area contributed by atoms with Crippen molar-refractivity contribution in [3.8, 4) is 6.07 Å². The highest BCUT2D eigenvalue weighted by molar-refractivity contribution is 7.98. The third-order valence-corrected chi connectivity index (χ3v) is 3.42. The van der Waals surface area contributed by atoms with Crippen molar-refractivity contribution in [2.75, 3.05) is 30.9 Å². The Morgan fingerprint density at radius 3 is 2.76 bits per heavy atom. The lowest BCUT2D eigenvalue weighted by molar-refractivity contribution is 0.289. The highest BCUT2D eigenvalue weighted by Crippen LogP contribution is 2.28. The largest absolute Gasteiger partial charge is 0.396 e. The average molecular weight is 250 g/mol. The Bertz CT molecular complexity index is 401. The van der Waals surface area contributed by atoms with E-state index in [0.717, 1.165) is 35.7 Å². The Balaban J connectivity index is 3.06. The standard InChI is InChI=1S/C13H18N2OS/c1-3-15(8-5-9-16)12-6-4-7-13(17-2)11(12)10-14/h4,6-7,16H,3,5,8-9H2,1-2H3. The molecule has 92 valence electrons. The van der Waals surface area contributed by atoms with Crippen molar-refractivity contribution in [3.63, 3.8) is 0 Å². The Labute approximate surface area is 107 Å². The molecule has 0 saturated carbocycles. The number of thioether (sulfide) groups is 1. The van der Waals surface area contributed by atoms with E-state index in [1.54, 1.807) is 11.8 Å². The first-order chi connectivity index (χ1) is 8.28. The van der Waals surface area contributed by atoms with Crippen LogP contribution in [0.25, 0.3) is 0 Å². The fourth-order valence-corrected chi connectivity index (χ4v) is 2.35. The summed E-state index contributed by atoms with van der Waals surface area (Å²) in [7, 11) is 0. The summed E-state index contributed by atoms with van der Waals surface area (Å²) in [6.07, 6.45) is 2.70. The molecule has 17 heavy (non-hydrogen) atoms. The zero-order chi connectivity index (χ0) is 12.7. The number of aliphatic hydroxyl groups excluding tert-OH is 1. The molecule has 0 amide bonds. The van der Waals surface area contributed by atoms with Gasteiger partial charge < -0.3 is 10.0 Å². The minimum Gasteiger partial charge on any atom is -0.396 e. The molecule has 0 heterocycles. The highest BCUT2D eigenvalue weighted by Gasteiger charge is 2.12. The van der Waals surface area contributed by atoms with E-state index in [9.17, 15) is 5.26 Å². The van der Waals surface area contributed by atoms with Gasteiger partial charge in [-0.1, -0.05) is 6.07 Å². The molecule has 1 aromatic rings. The third-order valence-electron chi connectivity index (χ3n) is 2.64. The lowest BCUT2D eigenvalue weighted by atomic mass is 10.1. The Morgan fingerprint density at radius 2 is 2.24 bits per heavy atom. The number of nitrogens with zero attached hydrogens (tertiary/aromatic N) is 2. The van der Waals surface area contributed by atoms with Gasteiger partial charge in [-0.05, 0) is 31.7 Å². The van der Waals surface area contributed by atoms with Gasteiger partial charge >= 0.3 is 0 Å². The van der Waals surface area contributed by atoms with Crippen LogP contribution in [-0.2, 0) is 0 Å². The predicted octanol–water partition coefficient (Wildman–Crippen LogP) is 2.49. The SMILES string of the molecule is CCN(CCCO)c1cccc(SC)c1C#N. The zero-order valence-electron chi connectivity index (χ0n) is 10.3. The first kappa shape index (κ1) is 13.9. The van der Waals surface area contributed by atoms with Gasteiger partial charge in [0.1, 0.15) is 6.07 Å². The number of aliphatic hydroxyl groups is 1. The van der Waals surface area contributed by atoms with Crippen molar-refractivity contribution >= 4 is 17.4 Å². The van der Waals surface area contributed by atoms with Crippen molar-refractivity contribution in [1.82, 2.24) is 0 Å². The Morgan fingerprint density at radius 1 is 1.47 bits per heavy atom. The summed E-state index contributed by atoms with van der Waals surface area (Å²) in [5.41, 5.74) is 1.70. The van der Waals surface area contributed by atoms with E-state index >= 15 is 0 Å². The second-order valence-electron chi connectivity index (χ2n) is 3.62. The van der Waals surface area contributed by atoms with Crippen LogP contribution in [0.3, 0.4) is 0 Å². The summed E-state index contributed by atoms with van der Waals surface area (Å²) in [5.74, 6) is 0. The molecule has 1 rings (SSSR count). The number of anilines is 1. The van der Waals surface area contributed by atoms with Crippen LogP contribution in [-0.4, -0.2) is 31.1 Å². The molecule has 0 bridgehead atoms. The van der Waals surface area contributed by atoms with Crippen LogP contribution >= 0.6 is 11.8 Å². The molecule has 0 radical (unpaired) electrons. The maximum Gasteiger partial charge on any atom is 0.103 e. The van der Waals surface area contributed by atoms with Crippen LogP contribution in [0.15, 0.2) is 23.1 Å². The summed E-state index contributed by atoms with van der Waals surface area (Å²) in [5, 5.41) is 18.1. The molecule has 1 N–H and O–H groups in total. The topological polar surface area (TPSA) is 47.3 Å². The maximum atomic E-state index is 9.26. The van der Waals surface area contributed by atoms with E-state index in [-0.39, 0.29) is 6.61 Å². The van der Waals surface area contributed by atoms with E-state index in [2.05, 4.69) is 17.9 Å². The molecule has 0 aromatic heterocycles. The van der Waals surface area contributed by atoms with Crippen LogP contribution in [0.4, 0.5) is 5.69 Å². The van der Waals surface area contributed by atoms with Crippen LogP contribution in [0.5, 0.6) is 0 Å². The predicted molar refractivity (Wildman–Crippen MR) is 72.5 cm³/mol. The summed E-state index contributed by atoms with van der Waals surface area (Å²) in [6.45, 7) is 3.86. The first-order valence-electron chi connectivity index (χ1n) is 5.71. The van der Waals surface area contributed by atoms with Gasteiger partial charge in [-0.15, -0.1) is 11.8 Å². The minimum atomic E-state index is 0.181. The fraction of sp³-hybridized carbons (Fsp3) is 0.462. The summed E-state index contributed by atoms with van der Waals surface area (Å²) >= 11 is 1.59. The van der Waals surface area contributed by atoms with Crippen LogP contribution < -0.4 is 4.90 Å². The number of hydrogen-bond acceptors (Lipinski definition) is 4. The fourth-order valence-electron chi connectivity index (χ4n) is 1.78. The van der Waals surface area contributed by atoms with Crippen molar-refractivity contribution in [2.45, 2.75) is 18.2 Å². The first-order valence-corrected chi connectivity index (χ1v) is 6.93. The highest BCUT2D eigenvalue weighted by atomic mass is 32.2. The molecule has 0 aliphatic carbocycles. The van der Waals surface area contributed by atoms with E-state index in [4.69, 9.17) is 5.11 Å². The van der Waals surface area contributed by atoms with Gasteiger partial charge in [-0.25, -0.2) is 0 Å². The number of rotatable bonds is 6. The molecule has 0 fully saturated rings. The normalized spacial score (nSPS) is 10.0. The molecule has 0 unspecified atom stereocenters. The molecule has 0 spiro atoms. The van der Waals surface area contributed by atoms with Gasteiger partial charge in [-0.3, -0.25) is 0 Å². The molecule has 1 aromatic carbocycles. The van der Waals surface area contributed by atoms with Crippen LogP contribution in [0.1, 0.15) is 18.9 Å². The Kier molecular flexibility index (Phi) is 5.88. The van der Waals surface area contributed by atoms with Crippen LogP contribution in [0.2, 0.25) is 0 Å². The number of hydrogen-bond donors (Lipinski definition) is 1. The minimum absolute atomic E-state index is 0.181. The van der Waals surface area contributed by atoms with Crippen molar-refractivity contribution in [3.05, 3.63) is 23.8 Å². The summed E-state index contributed by atoms with van der Waals surface area (Å²) < 4.78 is 0. The van der Waals surface area contributed by atoms with Crippen molar-refractivity contribution in [1.29, 1.82) is 5.26 Å². The van der Waals surface area contributed by atoms with Gasteiger partial charge in [0, 0.05) is 24.6 Å². The van der Waals surface area contributed by atoms with Crippen LogP contribution in [0, 0.1) is 11.3 Å². The van der Waals surface area contributed by atoms with Gasteiger partial charge in [0.15, 0.2) is 0 Å². The lowest BCUT2D eigenvalue weighted by Gasteiger charge is -2.24. The molecular formula is C13H18N2OS. The monoisotopic (exact) mass is 250 g/mol. The zero-order valence-corrected chi connectivity index (χ0v) is 11.1. The quantitative estimate of drug-likeness (QED) is 0.788. The van der Waals surface area contributed by atoms with E-state index in [0.29, 0.717) is 0 Å². The van der Waals surface area contributed by atoms with Gasteiger partial charge in [-0.2, -0.15) is 5.26 Å². The average Bonchev–Trinajstić information content (AvgIpc) is 2.39. The van der Waals surface area contributed by atoms with E-state index < -0.39 is 0 Å². The number of nitriles is 1. The number of benzene rings is 1. The second-order valence-corrected chi connectivity index (χ2v) is 4.47. The van der Waals surface area contributed by atoms with Gasteiger partial charge in [0.2, 0.25) is 0 Å². The molecule has 0 aliphatic heterocycles. The summed E-state index contributed by atoms with van der Waals surface area (Å²) in [4.78, 5) is 3.14.